The quantitative estimate of drug-likeness (QED) is 0.742. The van der Waals surface area contributed by atoms with E-state index in [0.717, 1.165) is 31.0 Å². The molecule has 0 spiro atoms. The van der Waals surface area contributed by atoms with E-state index < -0.39 is 0 Å². The minimum absolute atomic E-state index is 0.364. The van der Waals surface area contributed by atoms with Crippen molar-refractivity contribution in [2.45, 2.75) is 39.2 Å². The summed E-state index contributed by atoms with van der Waals surface area (Å²) in [6.07, 6.45) is 6.68. The number of fused-ring (bicyclic) bond motifs is 1. The summed E-state index contributed by atoms with van der Waals surface area (Å²) in [5, 5.41) is 8.81. The monoisotopic (exact) mass is 311 g/mol. The molecular formula is C16H21N7. The highest BCUT2D eigenvalue weighted by molar-refractivity contribution is 5.48. The second-order valence-electron chi connectivity index (χ2n) is 6.55. The van der Waals surface area contributed by atoms with E-state index in [1.807, 2.05) is 10.7 Å². The molecule has 23 heavy (non-hydrogen) atoms. The van der Waals surface area contributed by atoms with Crippen LogP contribution in [0.4, 0.5) is 5.82 Å². The van der Waals surface area contributed by atoms with Gasteiger partial charge in [-0.25, -0.2) is 4.98 Å². The van der Waals surface area contributed by atoms with Crippen molar-refractivity contribution < 1.29 is 0 Å². The van der Waals surface area contributed by atoms with Crippen molar-refractivity contribution in [3.05, 3.63) is 36.0 Å². The van der Waals surface area contributed by atoms with Gasteiger partial charge in [0.2, 0.25) is 0 Å². The first-order valence-corrected chi connectivity index (χ1v) is 8.08. The van der Waals surface area contributed by atoms with Gasteiger partial charge in [0.05, 0.1) is 17.9 Å². The molecule has 0 N–H and O–H groups in total. The summed E-state index contributed by atoms with van der Waals surface area (Å²) in [5.74, 6) is 2.11. The lowest BCUT2D eigenvalue weighted by Crippen LogP contribution is -2.24. The standard InChI is InChI=1S/C16H21N7/c1-11(2)14-6-15(23-16(20-14)17-10-19-23)21-5-4-13(9-21)22-8-12(3)7-18-22/h6-8,10-11,13H,4-5,9H2,1-3H3. The normalized spacial score (nSPS) is 18.4. The Bertz CT molecular complexity index is 832. The van der Waals surface area contributed by atoms with Gasteiger partial charge in [0.15, 0.2) is 0 Å². The van der Waals surface area contributed by atoms with Crippen molar-refractivity contribution in [2.75, 3.05) is 18.0 Å². The maximum Gasteiger partial charge on any atom is 0.254 e. The number of hydrogen-bond donors (Lipinski definition) is 0. The number of rotatable bonds is 3. The molecule has 0 radical (unpaired) electrons. The molecule has 3 aromatic heterocycles. The fourth-order valence-electron chi connectivity index (χ4n) is 3.13. The van der Waals surface area contributed by atoms with E-state index in [9.17, 15) is 0 Å². The summed E-state index contributed by atoms with van der Waals surface area (Å²) in [7, 11) is 0. The molecule has 1 atom stereocenters. The van der Waals surface area contributed by atoms with Gasteiger partial charge in [-0.2, -0.15) is 19.7 Å². The van der Waals surface area contributed by atoms with E-state index in [0.29, 0.717) is 17.7 Å². The minimum Gasteiger partial charge on any atom is -0.354 e. The molecule has 4 rings (SSSR count). The van der Waals surface area contributed by atoms with Crippen LogP contribution in [0.5, 0.6) is 0 Å². The Kier molecular flexibility index (Phi) is 3.28. The molecule has 7 heteroatoms. The Labute approximate surface area is 135 Å². The molecule has 0 saturated carbocycles. The van der Waals surface area contributed by atoms with Crippen molar-refractivity contribution in [2.24, 2.45) is 0 Å². The zero-order valence-corrected chi connectivity index (χ0v) is 13.7. The Hall–Kier alpha value is -2.44. The van der Waals surface area contributed by atoms with Gasteiger partial charge in [-0.15, -0.1) is 0 Å². The van der Waals surface area contributed by atoms with Gasteiger partial charge in [-0.3, -0.25) is 4.68 Å². The van der Waals surface area contributed by atoms with Gasteiger partial charge in [-0.05, 0) is 24.8 Å². The van der Waals surface area contributed by atoms with E-state index in [2.05, 4.69) is 62.8 Å². The van der Waals surface area contributed by atoms with E-state index in [1.54, 1.807) is 6.33 Å². The summed E-state index contributed by atoms with van der Waals surface area (Å²) in [6.45, 7) is 8.29. The Morgan fingerprint density at radius 3 is 2.87 bits per heavy atom. The average Bonchev–Trinajstić information content (AvgIpc) is 3.25. The lowest BCUT2D eigenvalue weighted by Gasteiger charge is -2.20. The molecule has 0 amide bonds. The molecule has 0 bridgehead atoms. The zero-order chi connectivity index (χ0) is 16.0. The largest absolute Gasteiger partial charge is 0.354 e. The highest BCUT2D eigenvalue weighted by Crippen LogP contribution is 2.28. The van der Waals surface area contributed by atoms with Crippen molar-refractivity contribution in [1.29, 1.82) is 0 Å². The minimum atomic E-state index is 0.364. The van der Waals surface area contributed by atoms with Crippen LogP contribution in [0, 0.1) is 6.92 Å². The fourth-order valence-corrected chi connectivity index (χ4v) is 3.13. The molecule has 1 saturated heterocycles. The first-order valence-electron chi connectivity index (χ1n) is 8.08. The first kappa shape index (κ1) is 14.2. The van der Waals surface area contributed by atoms with Crippen molar-refractivity contribution in [3.8, 4) is 0 Å². The zero-order valence-electron chi connectivity index (χ0n) is 13.7. The molecule has 0 aromatic carbocycles. The van der Waals surface area contributed by atoms with Gasteiger partial charge in [0, 0.05) is 25.4 Å². The maximum absolute atomic E-state index is 4.59. The Balaban J connectivity index is 1.68. The molecule has 4 heterocycles. The number of aryl methyl sites for hydroxylation is 1. The Morgan fingerprint density at radius 1 is 1.26 bits per heavy atom. The van der Waals surface area contributed by atoms with E-state index >= 15 is 0 Å². The van der Waals surface area contributed by atoms with E-state index in [-0.39, 0.29) is 0 Å². The summed E-state index contributed by atoms with van der Waals surface area (Å²) in [5.41, 5.74) is 2.26. The second-order valence-corrected chi connectivity index (χ2v) is 6.55. The highest BCUT2D eigenvalue weighted by Gasteiger charge is 2.27. The van der Waals surface area contributed by atoms with Gasteiger partial charge in [0.25, 0.3) is 5.78 Å². The third kappa shape index (κ3) is 2.46. The topological polar surface area (TPSA) is 64.1 Å². The van der Waals surface area contributed by atoms with Crippen molar-refractivity contribution >= 4 is 11.6 Å². The summed E-state index contributed by atoms with van der Waals surface area (Å²) in [6, 6.07) is 2.54. The molecule has 1 unspecified atom stereocenters. The number of anilines is 1. The van der Waals surface area contributed by atoms with Crippen LogP contribution in [0.25, 0.3) is 5.78 Å². The van der Waals surface area contributed by atoms with Gasteiger partial charge < -0.3 is 4.90 Å². The van der Waals surface area contributed by atoms with Crippen LogP contribution in [0.2, 0.25) is 0 Å². The van der Waals surface area contributed by atoms with Crippen LogP contribution in [0.15, 0.2) is 24.8 Å². The van der Waals surface area contributed by atoms with Crippen LogP contribution in [0.1, 0.15) is 43.5 Å². The molecular weight excluding hydrogens is 290 g/mol. The van der Waals surface area contributed by atoms with Crippen LogP contribution in [-0.4, -0.2) is 42.5 Å². The highest BCUT2D eigenvalue weighted by atomic mass is 15.4. The third-order valence-corrected chi connectivity index (χ3v) is 4.44. The molecule has 7 nitrogen and oxygen atoms in total. The van der Waals surface area contributed by atoms with Crippen LogP contribution in [-0.2, 0) is 0 Å². The predicted molar refractivity (Wildman–Crippen MR) is 87.7 cm³/mol. The third-order valence-electron chi connectivity index (χ3n) is 4.44. The van der Waals surface area contributed by atoms with Crippen LogP contribution in [0.3, 0.4) is 0 Å². The average molecular weight is 311 g/mol. The smallest absolute Gasteiger partial charge is 0.254 e. The number of nitrogens with zero attached hydrogens (tertiary/aromatic N) is 7. The fraction of sp³-hybridized carbons (Fsp3) is 0.500. The second kappa shape index (κ2) is 5.33. The van der Waals surface area contributed by atoms with Crippen molar-refractivity contribution in [3.63, 3.8) is 0 Å². The number of aromatic nitrogens is 6. The molecule has 0 aliphatic carbocycles. The SMILES string of the molecule is Cc1cnn(C2CCN(c3cc(C(C)C)nc4ncnn34)C2)c1. The van der Waals surface area contributed by atoms with Crippen LogP contribution < -0.4 is 4.90 Å². The predicted octanol–water partition coefficient (Wildman–Crippen LogP) is 2.20. The van der Waals surface area contributed by atoms with Gasteiger partial charge >= 0.3 is 0 Å². The van der Waals surface area contributed by atoms with E-state index in [4.69, 9.17) is 0 Å². The Morgan fingerprint density at radius 2 is 2.13 bits per heavy atom. The molecule has 120 valence electrons. The summed E-state index contributed by atoms with van der Waals surface area (Å²) >= 11 is 0. The maximum atomic E-state index is 4.59. The molecule has 1 aliphatic rings. The summed E-state index contributed by atoms with van der Waals surface area (Å²) < 4.78 is 3.92. The first-order chi connectivity index (χ1) is 11.1. The molecule has 3 aromatic rings. The molecule has 1 fully saturated rings. The summed E-state index contributed by atoms with van der Waals surface area (Å²) in [4.78, 5) is 11.2. The van der Waals surface area contributed by atoms with Crippen LogP contribution >= 0.6 is 0 Å². The number of hydrogen-bond acceptors (Lipinski definition) is 5. The van der Waals surface area contributed by atoms with Gasteiger partial charge in [0.1, 0.15) is 12.1 Å². The van der Waals surface area contributed by atoms with Crippen molar-refractivity contribution in [1.82, 2.24) is 29.4 Å². The lowest BCUT2D eigenvalue weighted by atomic mass is 10.1. The van der Waals surface area contributed by atoms with Gasteiger partial charge in [-0.1, -0.05) is 13.8 Å². The molecule has 1 aliphatic heterocycles. The van der Waals surface area contributed by atoms with E-state index in [1.165, 1.54) is 5.56 Å². The lowest BCUT2D eigenvalue weighted by molar-refractivity contribution is 0.494.